The molecule has 1 saturated heterocycles. The van der Waals surface area contributed by atoms with Crippen LogP contribution in [-0.2, 0) is 42.9 Å². The average Bonchev–Trinajstić information content (AvgIpc) is 3.33. The van der Waals surface area contributed by atoms with E-state index in [9.17, 15) is 34.5 Å². The van der Waals surface area contributed by atoms with E-state index in [1.165, 1.54) is 70.6 Å². The van der Waals surface area contributed by atoms with Crippen LogP contribution in [0.3, 0.4) is 0 Å². The lowest BCUT2D eigenvalue weighted by molar-refractivity contribution is -0.301. The number of esters is 3. The predicted molar refractivity (Wildman–Crippen MR) is 276 cm³/mol. The molecule has 0 aromatic carbocycles. The second-order valence-electron chi connectivity index (χ2n) is 18.8. The summed E-state index contributed by atoms with van der Waals surface area (Å²) in [5.41, 5.74) is 0. The summed E-state index contributed by atoms with van der Waals surface area (Å²) >= 11 is 0. The molecule has 1 heterocycles. The van der Waals surface area contributed by atoms with E-state index < -0.39 is 67.3 Å². The largest absolute Gasteiger partial charge is 0.479 e. The second kappa shape index (κ2) is 45.8. The standard InChI is InChI=1S/C57H98O12/c1-4-7-10-13-16-19-21-23-24-25-26-28-29-32-34-37-40-43-49(58)65-46-48(67-50(59)44-41-38-35-31-18-15-12-9-6-3)47-66-57-55(53(62)52(61)54(69-57)56(63)64)68-51(60)45-42-39-36-33-30-27-22-20-17-14-11-8-5-2/h7,10,16,19-20,22-24,48,52-55,57,61-62H,4-6,8-9,11-15,17-18,21,25-47H2,1-3H3,(H,63,64)/b10-7-,19-16-,22-20-,24-23-. The van der Waals surface area contributed by atoms with Gasteiger partial charge in [0.1, 0.15) is 18.8 Å². The zero-order chi connectivity index (χ0) is 50.4. The van der Waals surface area contributed by atoms with Crippen LogP contribution in [0.1, 0.15) is 239 Å². The van der Waals surface area contributed by atoms with Crippen molar-refractivity contribution in [2.75, 3.05) is 13.2 Å². The number of carboxylic acids is 1. The van der Waals surface area contributed by atoms with Gasteiger partial charge in [-0.2, -0.15) is 0 Å². The van der Waals surface area contributed by atoms with E-state index in [-0.39, 0.29) is 25.9 Å². The molecule has 0 radical (unpaired) electrons. The summed E-state index contributed by atoms with van der Waals surface area (Å²) in [6.45, 7) is 5.82. The molecule has 0 aromatic rings. The molecule has 0 amide bonds. The molecule has 398 valence electrons. The van der Waals surface area contributed by atoms with Gasteiger partial charge < -0.3 is 39.0 Å². The van der Waals surface area contributed by atoms with Crippen molar-refractivity contribution in [3.63, 3.8) is 0 Å². The monoisotopic (exact) mass is 975 g/mol. The second-order valence-corrected chi connectivity index (χ2v) is 18.8. The molecule has 0 aliphatic carbocycles. The Morgan fingerprint density at radius 3 is 1.42 bits per heavy atom. The van der Waals surface area contributed by atoms with E-state index in [1.807, 2.05) is 0 Å². The Labute approximate surface area is 418 Å². The number of aliphatic carboxylic acids is 1. The zero-order valence-corrected chi connectivity index (χ0v) is 43.6. The van der Waals surface area contributed by atoms with Crippen LogP contribution in [0.15, 0.2) is 48.6 Å². The molecule has 0 spiro atoms. The van der Waals surface area contributed by atoms with Gasteiger partial charge in [-0.05, 0) is 77.0 Å². The quantitative estimate of drug-likeness (QED) is 0.0228. The van der Waals surface area contributed by atoms with Gasteiger partial charge in [0.2, 0.25) is 0 Å². The summed E-state index contributed by atoms with van der Waals surface area (Å²) < 4.78 is 28.3. The fourth-order valence-corrected chi connectivity index (χ4v) is 8.14. The van der Waals surface area contributed by atoms with Gasteiger partial charge in [0.05, 0.1) is 6.61 Å². The first-order valence-electron chi connectivity index (χ1n) is 27.6. The van der Waals surface area contributed by atoms with E-state index in [4.69, 9.17) is 23.7 Å². The number of carboxylic acid groups (broad SMARTS) is 1. The zero-order valence-electron chi connectivity index (χ0n) is 43.6. The Morgan fingerprint density at radius 1 is 0.493 bits per heavy atom. The van der Waals surface area contributed by atoms with Crippen molar-refractivity contribution in [1.29, 1.82) is 0 Å². The SMILES string of the molecule is CC/C=C\C/C=C\C/C=C\CCCCCCCCCC(=O)OCC(COC1OC(C(=O)O)C(O)C(O)C1OC(=O)CCCCCCC/C=C\CCCCCC)OC(=O)CCCCCCCCCCC. The molecule has 1 fully saturated rings. The molecule has 0 saturated carbocycles. The number of hydrogen-bond acceptors (Lipinski definition) is 11. The van der Waals surface area contributed by atoms with Crippen LogP contribution in [0.4, 0.5) is 0 Å². The van der Waals surface area contributed by atoms with Crippen LogP contribution in [0.2, 0.25) is 0 Å². The Hall–Kier alpha value is -3.32. The highest BCUT2D eigenvalue weighted by atomic mass is 16.7. The maximum atomic E-state index is 13.0. The van der Waals surface area contributed by atoms with Crippen molar-refractivity contribution < 1.29 is 58.2 Å². The van der Waals surface area contributed by atoms with Crippen molar-refractivity contribution in [3.8, 4) is 0 Å². The first-order valence-corrected chi connectivity index (χ1v) is 27.6. The Bertz CT molecular complexity index is 1390. The summed E-state index contributed by atoms with van der Waals surface area (Å²) in [4.78, 5) is 50.8. The molecule has 6 unspecified atom stereocenters. The molecule has 0 aromatic heterocycles. The fourth-order valence-electron chi connectivity index (χ4n) is 8.14. The molecule has 1 rings (SSSR count). The third kappa shape index (κ3) is 36.3. The van der Waals surface area contributed by atoms with Crippen LogP contribution < -0.4 is 0 Å². The Kier molecular flexibility index (Phi) is 42.3. The minimum Gasteiger partial charge on any atom is -0.479 e. The minimum atomic E-state index is -1.90. The van der Waals surface area contributed by atoms with E-state index in [0.29, 0.717) is 19.3 Å². The molecule has 12 heteroatoms. The third-order valence-electron chi connectivity index (χ3n) is 12.4. The summed E-state index contributed by atoms with van der Waals surface area (Å²) in [6.07, 6.45) is 41.0. The van der Waals surface area contributed by atoms with Gasteiger partial charge in [-0.1, -0.05) is 191 Å². The number of hydrogen-bond donors (Lipinski definition) is 3. The van der Waals surface area contributed by atoms with E-state index >= 15 is 0 Å². The Balaban J connectivity index is 2.68. The van der Waals surface area contributed by atoms with E-state index in [2.05, 4.69) is 69.4 Å². The van der Waals surface area contributed by atoms with Gasteiger partial charge in [-0.25, -0.2) is 4.79 Å². The van der Waals surface area contributed by atoms with Crippen molar-refractivity contribution in [1.82, 2.24) is 0 Å². The average molecular weight is 975 g/mol. The van der Waals surface area contributed by atoms with Gasteiger partial charge in [-0.3, -0.25) is 14.4 Å². The van der Waals surface area contributed by atoms with Crippen molar-refractivity contribution in [2.24, 2.45) is 0 Å². The number of ether oxygens (including phenoxy) is 5. The van der Waals surface area contributed by atoms with Crippen LogP contribution in [0.25, 0.3) is 0 Å². The van der Waals surface area contributed by atoms with Crippen LogP contribution in [-0.4, -0.2) is 89.2 Å². The normalized spacial score (nSPS) is 19.0. The number of carbonyl (C=O) groups excluding carboxylic acids is 3. The minimum absolute atomic E-state index is 0.0509. The smallest absolute Gasteiger partial charge is 0.335 e. The van der Waals surface area contributed by atoms with Crippen molar-refractivity contribution in [2.45, 2.75) is 276 Å². The molecular formula is C57H98O12. The predicted octanol–water partition coefficient (Wildman–Crippen LogP) is 13.4. The first kappa shape index (κ1) is 63.7. The van der Waals surface area contributed by atoms with E-state index in [0.717, 1.165) is 109 Å². The van der Waals surface area contributed by atoms with Crippen LogP contribution in [0, 0.1) is 0 Å². The van der Waals surface area contributed by atoms with E-state index in [1.54, 1.807) is 0 Å². The van der Waals surface area contributed by atoms with Crippen LogP contribution >= 0.6 is 0 Å². The van der Waals surface area contributed by atoms with Crippen molar-refractivity contribution >= 4 is 23.9 Å². The number of allylic oxidation sites excluding steroid dienone is 8. The van der Waals surface area contributed by atoms with Crippen LogP contribution in [0.5, 0.6) is 0 Å². The molecule has 6 atom stereocenters. The number of unbranched alkanes of at least 4 members (excludes halogenated alkanes) is 24. The Morgan fingerprint density at radius 2 is 0.913 bits per heavy atom. The van der Waals surface area contributed by atoms with Gasteiger partial charge in [0.25, 0.3) is 0 Å². The maximum Gasteiger partial charge on any atom is 0.335 e. The van der Waals surface area contributed by atoms with Gasteiger partial charge in [0, 0.05) is 19.3 Å². The number of rotatable bonds is 46. The molecule has 69 heavy (non-hydrogen) atoms. The molecule has 1 aliphatic rings. The first-order chi connectivity index (χ1) is 33.6. The molecular weight excluding hydrogens is 877 g/mol. The molecule has 1 aliphatic heterocycles. The van der Waals surface area contributed by atoms with Gasteiger partial charge >= 0.3 is 23.9 Å². The highest BCUT2D eigenvalue weighted by molar-refractivity contribution is 5.74. The lowest BCUT2D eigenvalue weighted by atomic mass is 9.98. The molecule has 3 N–H and O–H groups in total. The van der Waals surface area contributed by atoms with Crippen molar-refractivity contribution in [3.05, 3.63) is 48.6 Å². The number of aliphatic hydroxyl groups excluding tert-OH is 2. The maximum absolute atomic E-state index is 13.0. The molecule has 0 bridgehead atoms. The lowest BCUT2D eigenvalue weighted by Crippen LogP contribution is -2.61. The summed E-state index contributed by atoms with van der Waals surface area (Å²) in [5, 5.41) is 31.3. The van der Waals surface area contributed by atoms with Gasteiger partial charge in [-0.15, -0.1) is 0 Å². The summed E-state index contributed by atoms with van der Waals surface area (Å²) in [6, 6.07) is 0. The third-order valence-corrected chi connectivity index (χ3v) is 12.4. The molecule has 12 nitrogen and oxygen atoms in total. The lowest BCUT2D eigenvalue weighted by Gasteiger charge is -2.40. The number of aliphatic hydroxyl groups is 2. The highest BCUT2D eigenvalue weighted by Crippen LogP contribution is 2.26. The fraction of sp³-hybridized carbons (Fsp3) is 0.789. The highest BCUT2D eigenvalue weighted by Gasteiger charge is 2.50. The topological polar surface area (TPSA) is 175 Å². The number of carbonyl (C=O) groups is 4. The van der Waals surface area contributed by atoms with Gasteiger partial charge in [0.15, 0.2) is 24.6 Å². The summed E-state index contributed by atoms with van der Waals surface area (Å²) in [5.74, 6) is -3.13. The summed E-state index contributed by atoms with van der Waals surface area (Å²) in [7, 11) is 0.